The molecule has 2 atom stereocenters. The molecule has 1 saturated heterocycles. The van der Waals surface area contributed by atoms with Gasteiger partial charge in [-0.2, -0.15) is 0 Å². The summed E-state index contributed by atoms with van der Waals surface area (Å²) < 4.78 is 11.1. The Bertz CT molecular complexity index is 947. The highest BCUT2D eigenvalue weighted by Crippen LogP contribution is 2.56. The van der Waals surface area contributed by atoms with E-state index in [0.29, 0.717) is 0 Å². The Morgan fingerprint density at radius 2 is 1.46 bits per heavy atom. The van der Waals surface area contributed by atoms with E-state index in [2.05, 4.69) is 0 Å². The summed E-state index contributed by atoms with van der Waals surface area (Å²) in [5.41, 5.74) is 1.85. The van der Waals surface area contributed by atoms with Crippen LogP contribution in [0.2, 0.25) is 0 Å². The fourth-order valence-electron chi connectivity index (χ4n) is 3.52. The Kier molecular flexibility index (Phi) is 5.11. The van der Waals surface area contributed by atoms with Crippen LogP contribution in [0.1, 0.15) is 11.6 Å². The van der Waals surface area contributed by atoms with Gasteiger partial charge in [-0.1, -0.05) is 60.3 Å². The zero-order chi connectivity index (χ0) is 19.6. The Morgan fingerprint density at radius 3 is 2.04 bits per heavy atom. The highest BCUT2D eigenvalue weighted by molar-refractivity contribution is 8.01. The van der Waals surface area contributed by atoms with Crippen LogP contribution >= 0.6 is 11.8 Å². The summed E-state index contributed by atoms with van der Waals surface area (Å²) in [7, 11) is 3.23. The number of benzene rings is 3. The van der Waals surface area contributed by atoms with E-state index in [-0.39, 0.29) is 11.9 Å². The van der Waals surface area contributed by atoms with E-state index in [9.17, 15) is 4.79 Å². The van der Waals surface area contributed by atoms with Crippen molar-refractivity contribution in [3.05, 3.63) is 90.5 Å². The average molecular weight is 391 g/mol. The molecule has 4 rings (SSSR count). The van der Waals surface area contributed by atoms with Gasteiger partial charge in [0.1, 0.15) is 11.8 Å². The average Bonchev–Trinajstić information content (AvgIpc) is 2.77. The molecule has 1 fully saturated rings. The summed E-state index contributed by atoms with van der Waals surface area (Å²) >= 11 is 1.46. The van der Waals surface area contributed by atoms with Crippen molar-refractivity contribution in [2.75, 3.05) is 19.1 Å². The number of anilines is 1. The third kappa shape index (κ3) is 3.07. The van der Waals surface area contributed by atoms with Gasteiger partial charge in [0, 0.05) is 17.7 Å². The topological polar surface area (TPSA) is 38.8 Å². The standard InChI is InChI=1S/C23H21NO3S/c1-26-19-15-13-18(14-16-19)24-21(17-9-5-3-6-10-17)23(27-2,22(24)25)28-20-11-7-4-8-12-20/h3-16,21H,1-2H3/t21-,23-/m1/s1. The molecule has 142 valence electrons. The van der Waals surface area contributed by atoms with Gasteiger partial charge >= 0.3 is 0 Å². The molecule has 0 aromatic heterocycles. The van der Waals surface area contributed by atoms with Crippen molar-refractivity contribution < 1.29 is 14.3 Å². The van der Waals surface area contributed by atoms with Crippen LogP contribution < -0.4 is 9.64 Å². The van der Waals surface area contributed by atoms with Crippen molar-refractivity contribution in [1.29, 1.82) is 0 Å². The van der Waals surface area contributed by atoms with Crippen molar-refractivity contribution >= 4 is 23.4 Å². The zero-order valence-electron chi connectivity index (χ0n) is 15.7. The van der Waals surface area contributed by atoms with E-state index in [4.69, 9.17) is 9.47 Å². The molecule has 1 heterocycles. The quantitative estimate of drug-likeness (QED) is 0.442. The molecule has 3 aromatic carbocycles. The second kappa shape index (κ2) is 7.70. The minimum atomic E-state index is -1.01. The molecule has 1 aliphatic rings. The molecule has 0 saturated carbocycles. The molecule has 0 unspecified atom stereocenters. The third-order valence-electron chi connectivity index (χ3n) is 4.92. The number of carbonyl (C=O) groups excluding carboxylic acids is 1. The van der Waals surface area contributed by atoms with E-state index < -0.39 is 4.93 Å². The monoisotopic (exact) mass is 391 g/mol. The molecule has 0 spiro atoms. The second-order valence-corrected chi connectivity index (χ2v) is 7.76. The molecule has 0 radical (unpaired) electrons. The lowest BCUT2D eigenvalue weighted by molar-refractivity contribution is -0.144. The van der Waals surface area contributed by atoms with E-state index in [0.717, 1.165) is 21.9 Å². The highest BCUT2D eigenvalue weighted by Gasteiger charge is 2.63. The fraction of sp³-hybridized carbons (Fsp3) is 0.174. The van der Waals surface area contributed by atoms with Crippen LogP contribution in [0.4, 0.5) is 5.69 Å². The van der Waals surface area contributed by atoms with Gasteiger partial charge in [0.25, 0.3) is 5.91 Å². The van der Waals surface area contributed by atoms with E-state index in [1.54, 1.807) is 19.1 Å². The molecule has 0 aliphatic carbocycles. The number of nitrogens with zero attached hydrogens (tertiary/aromatic N) is 1. The van der Waals surface area contributed by atoms with Gasteiger partial charge in [0.05, 0.1) is 7.11 Å². The van der Waals surface area contributed by atoms with Crippen molar-refractivity contribution in [1.82, 2.24) is 0 Å². The van der Waals surface area contributed by atoms with E-state index in [1.165, 1.54) is 11.8 Å². The Morgan fingerprint density at radius 1 is 0.857 bits per heavy atom. The summed E-state index contributed by atoms with van der Waals surface area (Å²) in [6.45, 7) is 0. The number of β-lactam (4-membered cyclic amide) rings is 1. The third-order valence-corrected chi connectivity index (χ3v) is 6.29. The Labute approximate surface area is 169 Å². The number of carbonyl (C=O) groups is 1. The van der Waals surface area contributed by atoms with Crippen LogP contribution in [0, 0.1) is 0 Å². The van der Waals surface area contributed by atoms with Gasteiger partial charge < -0.3 is 9.47 Å². The molecule has 0 bridgehead atoms. The molecular weight excluding hydrogens is 370 g/mol. The zero-order valence-corrected chi connectivity index (χ0v) is 16.6. The van der Waals surface area contributed by atoms with Gasteiger partial charge in [-0.05, 0) is 42.0 Å². The fourth-order valence-corrected chi connectivity index (χ4v) is 4.79. The Hall–Kier alpha value is -2.76. The normalized spacial score (nSPS) is 21.3. The first-order valence-electron chi connectivity index (χ1n) is 9.01. The predicted molar refractivity (Wildman–Crippen MR) is 112 cm³/mol. The van der Waals surface area contributed by atoms with E-state index in [1.807, 2.05) is 84.9 Å². The van der Waals surface area contributed by atoms with E-state index >= 15 is 0 Å². The molecule has 1 amide bonds. The lowest BCUT2D eigenvalue weighted by Crippen LogP contribution is -2.68. The highest BCUT2D eigenvalue weighted by atomic mass is 32.2. The van der Waals surface area contributed by atoms with Crippen LogP contribution in [0.3, 0.4) is 0 Å². The molecular formula is C23H21NO3S. The number of amides is 1. The van der Waals surface area contributed by atoms with Crippen molar-refractivity contribution in [2.24, 2.45) is 0 Å². The van der Waals surface area contributed by atoms with Crippen molar-refractivity contribution in [3.8, 4) is 5.75 Å². The second-order valence-electron chi connectivity index (χ2n) is 6.47. The first kappa shape index (κ1) is 18.6. The van der Waals surface area contributed by atoms with Crippen LogP contribution in [0.5, 0.6) is 5.75 Å². The maximum absolute atomic E-state index is 13.4. The number of rotatable bonds is 6. The number of thioether (sulfide) groups is 1. The number of ether oxygens (including phenoxy) is 2. The number of methoxy groups -OCH3 is 2. The van der Waals surface area contributed by atoms with Gasteiger partial charge in [-0.25, -0.2) is 0 Å². The minimum Gasteiger partial charge on any atom is -0.497 e. The SMILES string of the molecule is COc1ccc(N2C(=O)[C@](OC)(Sc3ccccc3)[C@H]2c2ccccc2)cc1. The summed E-state index contributed by atoms with van der Waals surface area (Å²) in [5, 5.41) is 0. The molecule has 5 heteroatoms. The van der Waals surface area contributed by atoms with Crippen LogP contribution in [-0.4, -0.2) is 25.1 Å². The first-order valence-corrected chi connectivity index (χ1v) is 9.83. The van der Waals surface area contributed by atoms with Gasteiger partial charge in [0.2, 0.25) is 4.93 Å². The lowest BCUT2D eigenvalue weighted by Gasteiger charge is -2.54. The summed E-state index contributed by atoms with van der Waals surface area (Å²) in [5.74, 6) is 0.688. The summed E-state index contributed by atoms with van der Waals surface area (Å²) in [4.78, 5) is 15.2. The predicted octanol–water partition coefficient (Wildman–Crippen LogP) is 4.92. The summed E-state index contributed by atoms with van der Waals surface area (Å²) in [6, 6.07) is 27.2. The van der Waals surface area contributed by atoms with Crippen molar-refractivity contribution in [3.63, 3.8) is 0 Å². The van der Waals surface area contributed by atoms with Crippen molar-refractivity contribution in [2.45, 2.75) is 15.9 Å². The maximum Gasteiger partial charge on any atom is 0.273 e. The van der Waals surface area contributed by atoms with Gasteiger partial charge in [-0.15, -0.1) is 0 Å². The first-order chi connectivity index (χ1) is 13.7. The smallest absolute Gasteiger partial charge is 0.273 e. The van der Waals surface area contributed by atoms with Crippen LogP contribution in [0.25, 0.3) is 0 Å². The lowest BCUT2D eigenvalue weighted by atomic mass is 9.89. The molecule has 28 heavy (non-hydrogen) atoms. The van der Waals surface area contributed by atoms with Crippen LogP contribution in [0.15, 0.2) is 89.8 Å². The largest absolute Gasteiger partial charge is 0.497 e. The van der Waals surface area contributed by atoms with Crippen LogP contribution in [-0.2, 0) is 9.53 Å². The minimum absolute atomic E-state index is 0.0668. The molecule has 1 aliphatic heterocycles. The Balaban J connectivity index is 1.76. The van der Waals surface area contributed by atoms with Gasteiger partial charge in [-0.3, -0.25) is 9.69 Å². The maximum atomic E-state index is 13.4. The summed E-state index contributed by atoms with van der Waals surface area (Å²) in [6.07, 6.45) is 0. The molecule has 4 nitrogen and oxygen atoms in total. The molecule has 3 aromatic rings. The molecule has 0 N–H and O–H groups in total. The number of hydrogen-bond donors (Lipinski definition) is 0. The van der Waals surface area contributed by atoms with Gasteiger partial charge in [0.15, 0.2) is 0 Å². The number of hydrogen-bond acceptors (Lipinski definition) is 4.